The summed E-state index contributed by atoms with van der Waals surface area (Å²) in [4.78, 5) is 0. The molecule has 2 aliphatic carbocycles. The molecule has 17 heavy (non-hydrogen) atoms. The summed E-state index contributed by atoms with van der Waals surface area (Å²) in [6, 6.07) is 0. The van der Waals surface area contributed by atoms with E-state index in [2.05, 4.69) is 26.0 Å². The maximum Gasteiger partial charge on any atom is 0.168 e. The van der Waals surface area contributed by atoms with Gasteiger partial charge < -0.3 is 0 Å². The molecule has 0 amide bonds. The van der Waals surface area contributed by atoms with Gasteiger partial charge in [-0.15, -0.1) is 11.6 Å². The fraction of sp³-hybridized carbons (Fsp3) is 0.846. The van der Waals surface area contributed by atoms with Gasteiger partial charge in [0.05, 0.1) is 5.75 Å². The summed E-state index contributed by atoms with van der Waals surface area (Å²) < 4.78 is 23.7. The van der Waals surface area contributed by atoms with Crippen LogP contribution in [-0.4, -0.2) is 18.9 Å². The van der Waals surface area contributed by atoms with Crippen LogP contribution >= 0.6 is 11.6 Å². The van der Waals surface area contributed by atoms with E-state index in [0.717, 1.165) is 25.7 Å². The number of hydrogen-bond acceptors (Lipinski definition) is 2. The third kappa shape index (κ3) is 1.36. The fourth-order valence-corrected chi connectivity index (χ4v) is 7.96. The number of hydrogen-bond donors (Lipinski definition) is 0. The van der Waals surface area contributed by atoms with Crippen molar-refractivity contribution < 1.29 is 8.42 Å². The van der Waals surface area contributed by atoms with E-state index in [1.54, 1.807) is 0 Å². The van der Waals surface area contributed by atoms with Crippen molar-refractivity contribution in [3.05, 3.63) is 12.2 Å². The summed E-state index contributed by atoms with van der Waals surface area (Å²) in [7, 11) is -3.11. The number of halogens is 1. The Kier molecular flexibility index (Phi) is 2.20. The van der Waals surface area contributed by atoms with Crippen LogP contribution in [0.15, 0.2) is 12.2 Å². The molecule has 1 saturated carbocycles. The van der Waals surface area contributed by atoms with Gasteiger partial charge in [-0.1, -0.05) is 26.0 Å². The van der Waals surface area contributed by atoms with Crippen LogP contribution in [0.2, 0.25) is 0 Å². The normalized spacial score (nSPS) is 49.9. The summed E-state index contributed by atoms with van der Waals surface area (Å²) in [5, 5.41) is 0. The van der Waals surface area contributed by atoms with Gasteiger partial charge in [0.1, 0.15) is 4.71 Å². The van der Waals surface area contributed by atoms with E-state index >= 15 is 0 Å². The van der Waals surface area contributed by atoms with E-state index in [1.807, 2.05) is 0 Å². The molecule has 0 radical (unpaired) electrons. The number of rotatable bonds is 0. The molecule has 1 heterocycles. The first kappa shape index (κ1) is 12.0. The third-order valence-electron chi connectivity index (χ3n) is 5.05. The van der Waals surface area contributed by atoms with Crippen LogP contribution in [0.4, 0.5) is 0 Å². The SMILES string of the molecule is CC1(C)C[C@@]23CC=CC[C@]2(C1)[C@H](Cl)S(=O)(=O)C3. The predicted octanol–water partition coefficient (Wildman–Crippen LogP) is 3.12. The molecule has 0 aromatic heterocycles. The topological polar surface area (TPSA) is 34.1 Å². The monoisotopic (exact) mass is 274 g/mol. The van der Waals surface area contributed by atoms with Gasteiger partial charge in [0.15, 0.2) is 9.84 Å². The van der Waals surface area contributed by atoms with Gasteiger partial charge in [0.25, 0.3) is 0 Å². The lowest BCUT2D eigenvalue weighted by Crippen LogP contribution is -2.40. The summed E-state index contributed by atoms with van der Waals surface area (Å²) in [6.07, 6.45) is 7.95. The summed E-state index contributed by atoms with van der Waals surface area (Å²) in [6.45, 7) is 4.49. The summed E-state index contributed by atoms with van der Waals surface area (Å²) in [5.74, 6) is 0.294. The van der Waals surface area contributed by atoms with Gasteiger partial charge in [0.2, 0.25) is 0 Å². The zero-order valence-electron chi connectivity index (χ0n) is 10.4. The molecule has 0 unspecified atom stereocenters. The maximum atomic E-state index is 12.2. The average Bonchev–Trinajstić information content (AvgIpc) is 2.50. The zero-order valence-corrected chi connectivity index (χ0v) is 11.9. The van der Waals surface area contributed by atoms with Gasteiger partial charge in [-0.3, -0.25) is 0 Å². The summed E-state index contributed by atoms with van der Waals surface area (Å²) >= 11 is 6.37. The van der Waals surface area contributed by atoms with Crippen LogP contribution in [0, 0.1) is 16.2 Å². The van der Waals surface area contributed by atoms with E-state index in [0.29, 0.717) is 5.75 Å². The second kappa shape index (κ2) is 3.11. The van der Waals surface area contributed by atoms with Crippen LogP contribution in [0.25, 0.3) is 0 Å². The minimum Gasteiger partial charge on any atom is -0.227 e. The van der Waals surface area contributed by atoms with Crippen LogP contribution in [-0.2, 0) is 9.84 Å². The molecule has 2 nitrogen and oxygen atoms in total. The van der Waals surface area contributed by atoms with Gasteiger partial charge in [-0.05, 0) is 36.5 Å². The molecular formula is C13H19ClO2S. The van der Waals surface area contributed by atoms with Crippen LogP contribution < -0.4 is 0 Å². The molecule has 2 fully saturated rings. The molecule has 4 heteroatoms. The Hall–Kier alpha value is -0.0200. The fourth-order valence-electron chi connectivity index (χ4n) is 4.83. The lowest BCUT2D eigenvalue weighted by molar-refractivity contribution is 0.122. The molecule has 96 valence electrons. The van der Waals surface area contributed by atoms with Gasteiger partial charge in [0, 0.05) is 5.41 Å². The predicted molar refractivity (Wildman–Crippen MR) is 69.7 cm³/mol. The number of alkyl halides is 1. The van der Waals surface area contributed by atoms with Crippen LogP contribution in [0.5, 0.6) is 0 Å². The Labute approximate surface area is 108 Å². The molecule has 0 aromatic rings. The first-order valence-electron chi connectivity index (χ1n) is 6.24. The highest BCUT2D eigenvalue weighted by atomic mass is 35.5. The molecule has 3 aliphatic rings. The molecule has 0 bridgehead atoms. The Morgan fingerprint density at radius 2 is 1.82 bits per heavy atom. The Morgan fingerprint density at radius 3 is 2.47 bits per heavy atom. The maximum absolute atomic E-state index is 12.2. The van der Waals surface area contributed by atoms with Crippen molar-refractivity contribution in [3.63, 3.8) is 0 Å². The Morgan fingerprint density at radius 1 is 1.18 bits per heavy atom. The number of sulfone groups is 1. The van der Waals surface area contributed by atoms with Crippen LogP contribution in [0.1, 0.15) is 39.5 Å². The van der Waals surface area contributed by atoms with Crippen molar-refractivity contribution in [2.45, 2.75) is 44.2 Å². The summed E-state index contributed by atoms with van der Waals surface area (Å²) in [5.41, 5.74) is -0.0722. The highest BCUT2D eigenvalue weighted by Gasteiger charge is 2.71. The van der Waals surface area contributed by atoms with E-state index in [-0.39, 0.29) is 16.2 Å². The van der Waals surface area contributed by atoms with E-state index in [1.165, 1.54) is 0 Å². The standard InChI is InChI=1S/C13H19ClO2S/c1-11(2)7-12-5-3-4-6-13(12,8-11)10(14)17(15,16)9-12/h3-4,10H,5-9H2,1-2H3/t10-,12-,13+/m1/s1. The quantitative estimate of drug-likeness (QED) is 0.502. The van der Waals surface area contributed by atoms with Crippen molar-refractivity contribution in [2.75, 3.05) is 5.75 Å². The minimum absolute atomic E-state index is 0.0868. The minimum atomic E-state index is -3.11. The van der Waals surface area contributed by atoms with Crippen molar-refractivity contribution in [1.82, 2.24) is 0 Å². The highest BCUT2D eigenvalue weighted by Crippen LogP contribution is 2.72. The van der Waals surface area contributed by atoms with Crippen molar-refractivity contribution in [2.24, 2.45) is 16.2 Å². The highest BCUT2D eigenvalue weighted by molar-refractivity contribution is 7.93. The van der Waals surface area contributed by atoms with Crippen LogP contribution in [0.3, 0.4) is 0 Å². The Bertz CT molecular complexity index is 494. The van der Waals surface area contributed by atoms with Crippen molar-refractivity contribution in [1.29, 1.82) is 0 Å². The van der Waals surface area contributed by atoms with Crippen molar-refractivity contribution in [3.8, 4) is 0 Å². The molecule has 0 aromatic carbocycles. The second-order valence-corrected chi connectivity index (χ2v) is 9.74. The first-order valence-corrected chi connectivity index (χ1v) is 8.39. The molecule has 0 N–H and O–H groups in total. The number of allylic oxidation sites excluding steroid dienone is 2. The third-order valence-corrected chi connectivity index (χ3v) is 8.32. The average molecular weight is 275 g/mol. The molecular weight excluding hydrogens is 256 g/mol. The van der Waals surface area contributed by atoms with Gasteiger partial charge in [-0.25, -0.2) is 8.42 Å². The molecule has 3 atom stereocenters. The van der Waals surface area contributed by atoms with Gasteiger partial charge >= 0.3 is 0 Å². The first-order chi connectivity index (χ1) is 7.73. The second-order valence-electron chi connectivity index (χ2n) is 6.96. The largest absolute Gasteiger partial charge is 0.227 e. The zero-order chi connectivity index (χ0) is 12.5. The van der Waals surface area contributed by atoms with E-state index in [4.69, 9.17) is 11.6 Å². The lowest BCUT2D eigenvalue weighted by Gasteiger charge is -2.42. The molecule has 3 rings (SSSR count). The molecule has 1 saturated heterocycles. The smallest absolute Gasteiger partial charge is 0.168 e. The molecule has 0 spiro atoms. The van der Waals surface area contributed by atoms with Crippen molar-refractivity contribution >= 4 is 21.4 Å². The molecule has 1 aliphatic heterocycles. The Balaban J connectivity index is 2.19. The van der Waals surface area contributed by atoms with E-state index in [9.17, 15) is 8.42 Å². The lowest BCUT2D eigenvalue weighted by atomic mass is 9.62. The van der Waals surface area contributed by atoms with Gasteiger partial charge in [-0.2, -0.15) is 0 Å². The van der Waals surface area contributed by atoms with E-state index < -0.39 is 14.5 Å².